The molecule has 0 amide bonds. The van der Waals surface area contributed by atoms with Crippen molar-refractivity contribution in [1.82, 2.24) is 19.7 Å². The summed E-state index contributed by atoms with van der Waals surface area (Å²) in [5.41, 5.74) is 1.93. The van der Waals surface area contributed by atoms with Gasteiger partial charge in [0.05, 0.1) is 9.26 Å². The Morgan fingerprint density at radius 2 is 1.95 bits per heavy atom. The first-order valence-corrected chi connectivity index (χ1v) is 7.16. The Balaban J connectivity index is 2.68. The van der Waals surface area contributed by atoms with Crippen molar-refractivity contribution in [3.63, 3.8) is 0 Å². The molecule has 6 heteroatoms. The first kappa shape index (κ1) is 14.2. The number of hydrogen-bond donors (Lipinski definition) is 1. The molecule has 0 aliphatic carbocycles. The molecule has 0 saturated carbocycles. The van der Waals surface area contributed by atoms with E-state index in [0.717, 1.165) is 20.8 Å². The number of nitrogens with one attached hydrogen (secondary N) is 1. The smallest absolute Gasteiger partial charge is 0.180 e. The minimum absolute atomic E-state index is 0.0294. The molecule has 5 nitrogen and oxygen atoms in total. The Kier molecular flexibility index (Phi) is 3.80. The average molecular weight is 371 g/mol. The maximum Gasteiger partial charge on any atom is 0.180 e. The number of aromatic nitrogens is 4. The summed E-state index contributed by atoms with van der Waals surface area (Å²) in [5.74, 6) is 1.56. The van der Waals surface area contributed by atoms with Crippen LogP contribution in [0.2, 0.25) is 0 Å². The second kappa shape index (κ2) is 5.07. The Bertz CT molecular complexity index is 598. The lowest BCUT2D eigenvalue weighted by Gasteiger charge is -2.21. The van der Waals surface area contributed by atoms with Gasteiger partial charge in [0, 0.05) is 25.7 Å². The van der Waals surface area contributed by atoms with Crippen LogP contribution in [0.5, 0.6) is 0 Å². The van der Waals surface area contributed by atoms with Gasteiger partial charge in [-0.25, -0.2) is 9.97 Å². The Morgan fingerprint density at radius 1 is 1.26 bits per heavy atom. The number of aryl methyl sites for hydroxylation is 1. The van der Waals surface area contributed by atoms with Gasteiger partial charge in [-0.2, -0.15) is 5.10 Å². The minimum Gasteiger partial charge on any atom is -0.372 e. The van der Waals surface area contributed by atoms with Crippen LogP contribution >= 0.6 is 22.6 Å². The molecule has 0 bridgehead atoms. The van der Waals surface area contributed by atoms with Crippen LogP contribution in [0.15, 0.2) is 12.3 Å². The van der Waals surface area contributed by atoms with Gasteiger partial charge in [-0.15, -0.1) is 0 Å². The third kappa shape index (κ3) is 2.72. The fraction of sp³-hybridized carbons (Fsp3) is 0.462. The zero-order valence-electron chi connectivity index (χ0n) is 11.8. The van der Waals surface area contributed by atoms with Crippen molar-refractivity contribution in [2.75, 3.05) is 12.4 Å². The van der Waals surface area contributed by atoms with E-state index in [1.807, 2.05) is 20.2 Å². The van der Waals surface area contributed by atoms with E-state index in [0.29, 0.717) is 5.82 Å². The summed E-state index contributed by atoms with van der Waals surface area (Å²) in [6.45, 7) is 6.47. The predicted molar refractivity (Wildman–Crippen MR) is 85.2 cm³/mol. The van der Waals surface area contributed by atoms with Gasteiger partial charge in [-0.1, -0.05) is 20.8 Å². The lowest BCUT2D eigenvalue weighted by atomic mass is 9.92. The maximum absolute atomic E-state index is 4.74. The van der Waals surface area contributed by atoms with Gasteiger partial charge < -0.3 is 5.32 Å². The number of nitrogens with zero attached hydrogens (tertiary/aromatic N) is 4. The third-order valence-electron chi connectivity index (χ3n) is 2.85. The summed E-state index contributed by atoms with van der Waals surface area (Å²) in [6, 6.07) is 1.92. The topological polar surface area (TPSA) is 55.6 Å². The second-order valence-electron chi connectivity index (χ2n) is 5.40. The highest BCUT2D eigenvalue weighted by Gasteiger charge is 2.23. The molecular formula is C13H18IN5. The summed E-state index contributed by atoms with van der Waals surface area (Å²) in [4.78, 5) is 9.31. The summed E-state index contributed by atoms with van der Waals surface area (Å²) in [6.07, 6.45) is 1.76. The summed E-state index contributed by atoms with van der Waals surface area (Å²) in [7, 11) is 3.77. The number of halogens is 1. The van der Waals surface area contributed by atoms with E-state index in [1.54, 1.807) is 10.9 Å². The van der Waals surface area contributed by atoms with Crippen LogP contribution in [-0.4, -0.2) is 26.8 Å². The molecular weight excluding hydrogens is 353 g/mol. The van der Waals surface area contributed by atoms with Crippen LogP contribution < -0.4 is 5.32 Å². The van der Waals surface area contributed by atoms with E-state index in [-0.39, 0.29) is 5.41 Å². The molecule has 0 radical (unpaired) electrons. The molecule has 2 aromatic rings. The van der Waals surface area contributed by atoms with E-state index in [2.05, 4.69) is 58.8 Å². The van der Waals surface area contributed by atoms with Gasteiger partial charge in [0.15, 0.2) is 5.82 Å². The molecule has 2 aromatic heterocycles. The van der Waals surface area contributed by atoms with Gasteiger partial charge in [-0.05, 0) is 28.7 Å². The highest BCUT2D eigenvalue weighted by Crippen LogP contribution is 2.31. The van der Waals surface area contributed by atoms with E-state index in [9.17, 15) is 0 Å². The number of rotatable bonds is 2. The first-order chi connectivity index (χ1) is 8.84. The molecule has 0 saturated heterocycles. The molecule has 0 atom stereocenters. The highest BCUT2D eigenvalue weighted by molar-refractivity contribution is 14.1. The van der Waals surface area contributed by atoms with E-state index in [1.165, 1.54) is 0 Å². The van der Waals surface area contributed by atoms with Gasteiger partial charge in [0.25, 0.3) is 0 Å². The standard InChI is InChI=1S/C13H18IN5/c1-13(2,3)10-9(14)12(15-4)18-11(17-10)8-6-7-16-19(8)5/h6-7H,1-5H3,(H,15,17,18). The van der Waals surface area contributed by atoms with Gasteiger partial charge in [-0.3, -0.25) is 4.68 Å². The lowest BCUT2D eigenvalue weighted by Crippen LogP contribution is -2.18. The molecule has 1 N–H and O–H groups in total. The van der Waals surface area contributed by atoms with Gasteiger partial charge in [0.2, 0.25) is 0 Å². The van der Waals surface area contributed by atoms with E-state index >= 15 is 0 Å². The summed E-state index contributed by atoms with van der Waals surface area (Å²) >= 11 is 2.30. The first-order valence-electron chi connectivity index (χ1n) is 6.08. The monoisotopic (exact) mass is 371 g/mol. The average Bonchev–Trinajstić information content (AvgIpc) is 2.74. The molecule has 2 rings (SSSR count). The maximum atomic E-state index is 4.74. The molecule has 0 fully saturated rings. The second-order valence-corrected chi connectivity index (χ2v) is 6.48. The fourth-order valence-electron chi connectivity index (χ4n) is 1.82. The number of hydrogen-bond acceptors (Lipinski definition) is 4. The van der Waals surface area contributed by atoms with Gasteiger partial charge in [0.1, 0.15) is 11.5 Å². The summed E-state index contributed by atoms with van der Waals surface area (Å²) in [5, 5.41) is 7.32. The van der Waals surface area contributed by atoms with Crippen molar-refractivity contribution in [3.8, 4) is 11.5 Å². The SMILES string of the molecule is CNc1nc(-c2ccnn2C)nc(C(C)(C)C)c1I. The fourth-order valence-corrected chi connectivity index (χ4v) is 3.14. The lowest BCUT2D eigenvalue weighted by molar-refractivity contribution is 0.563. The van der Waals surface area contributed by atoms with E-state index in [4.69, 9.17) is 4.98 Å². The van der Waals surface area contributed by atoms with Crippen LogP contribution in [0, 0.1) is 3.57 Å². The largest absolute Gasteiger partial charge is 0.372 e. The third-order valence-corrected chi connectivity index (χ3v) is 3.87. The zero-order chi connectivity index (χ0) is 14.2. The van der Waals surface area contributed by atoms with Crippen LogP contribution in [-0.2, 0) is 12.5 Å². The minimum atomic E-state index is -0.0294. The Labute approximate surface area is 127 Å². The summed E-state index contributed by atoms with van der Waals surface area (Å²) < 4.78 is 2.85. The molecule has 0 aromatic carbocycles. The molecule has 2 heterocycles. The van der Waals surface area contributed by atoms with Crippen molar-refractivity contribution in [2.24, 2.45) is 7.05 Å². The van der Waals surface area contributed by atoms with Crippen LogP contribution in [0.3, 0.4) is 0 Å². The van der Waals surface area contributed by atoms with Crippen molar-refractivity contribution in [3.05, 3.63) is 21.5 Å². The Morgan fingerprint density at radius 3 is 2.42 bits per heavy atom. The molecule has 0 aliphatic rings. The molecule has 19 heavy (non-hydrogen) atoms. The predicted octanol–water partition coefficient (Wildman–Crippen LogP) is 2.82. The quantitative estimate of drug-likeness (QED) is 0.825. The molecule has 0 spiro atoms. The normalized spacial score (nSPS) is 11.7. The van der Waals surface area contributed by atoms with Crippen molar-refractivity contribution < 1.29 is 0 Å². The molecule has 102 valence electrons. The van der Waals surface area contributed by atoms with Crippen molar-refractivity contribution in [2.45, 2.75) is 26.2 Å². The van der Waals surface area contributed by atoms with Crippen molar-refractivity contribution in [1.29, 1.82) is 0 Å². The van der Waals surface area contributed by atoms with E-state index < -0.39 is 0 Å². The molecule has 0 unspecified atom stereocenters. The van der Waals surface area contributed by atoms with Crippen LogP contribution in [0.1, 0.15) is 26.5 Å². The van der Waals surface area contributed by atoms with Gasteiger partial charge >= 0.3 is 0 Å². The van der Waals surface area contributed by atoms with Crippen molar-refractivity contribution >= 4 is 28.4 Å². The van der Waals surface area contributed by atoms with Crippen LogP contribution in [0.25, 0.3) is 11.5 Å². The highest BCUT2D eigenvalue weighted by atomic mass is 127. The number of anilines is 1. The van der Waals surface area contributed by atoms with Crippen LogP contribution in [0.4, 0.5) is 5.82 Å². The molecule has 0 aliphatic heterocycles. The zero-order valence-corrected chi connectivity index (χ0v) is 14.0. The Hall–Kier alpha value is -1.18.